The SMILES string of the molecule is COc1ccc(C(O)COCC2CC2)cc1. The van der Waals surface area contributed by atoms with Crippen LogP contribution >= 0.6 is 0 Å². The van der Waals surface area contributed by atoms with E-state index in [-0.39, 0.29) is 0 Å². The lowest BCUT2D eigenvalue weighted by atomic mass is 10.1. The van der Waals surface area contributed by atoms with Gasteiger partial charge in [0.25, 0.3) is 0 Å². The molecule has 1 saturated carbocycles. The van der Waals surface area contributed by atoms with Crippen LogP contribution in [0, 0.1) is 5.92 Å². The van der Waals surface area contributed by atoms with Crippen LogP contribution in [0.3, 0.4) is 0 Å². The number of rotatable bonds is 6. The first-order valence-corrected chi connectivity index (χ1v) is 5.69. The molecule has 1 atom stereocenters. The van der Waals surface area contributed by atoms with Crippen LogP contribution < -0.4 is 4.74 Å². The molecule has 1 unspecified atom stereocenters. The average Bonchev–Trinajstić information content (AvgIpc) is 3.13. The first-order chi connectivity index (χ1) is 7.79. The fraction of sp³-hybridized carbons (Fsp3) is 0.538. The van der Waals surface area contributed by atoms with Crippen LogP contribution in [0.15, 0.2) is 24.3 Å². The lowest BCUT2D eigenvalue weighted by Crippen LogP contribution is -2.08. The molecule has 1 fully saturated rings. The molecular weight excluding hydrogens is 204 g/mol. The standard InChI is InChI=1S/C13H18O3/c1-15-12-6-4-11(5-7-12)13(14)9-16-8-10-2-3-10/h4-7,10,13-14H,2-3,8-9H2,1H3. The van der Waals surface area contributed by atoms with E-state index in [9.17, 15) is 5.11 Å². The molecule has 2 rings (SSSR count). The van der Waals surface area contributed by atoms with Gasteiger partial charge in [-0.05, 0) is 36.5 Å². The van der Waals surface area contributed by atoms with Crippen LogP contribution in [0.5, 0.6) is 5.75 Å². The molecule has 1 N–H and O–H groups in total. The largest absolute Gasteiger partial charge is 0.497 e. The van der Waals surface area contributed by atoms with Gasteiger partial charge in [0.1, 0.15) is 11.9 Å². The number of hydrogen-bond donors (Lipinski definition) is 1. The maximum absolute atomic E-state index is 9.85. The Morgan fingerprint density at radius 3 is 2.56 bits per heavy atom. The summed E-state index contributed by atoms with van der Waals surface area (Å²) in [7, 11) is 1.63. The number of aliphatic hydroxyl groups excluding tert-OH is 1. The zero-order valence-corrected chi connectivity index (χ0v) is 9.56. The number of aliphatic hydroxyl groups is 1. The van der Waals surface area contributed by atoms with Gasteiger partial charge in [0, 0.05) is 6.61 Å². The van der Waals surface area contributed by atoms with Gasteiger partial charge in [-0.2, -0.15) is 0 Å². The van der Waals surface area contributed by atoms with Gasteiger partial charge in [-0.1, -0.05) is 12.1 Å². The Kier molecular flexibility index (Phi) is 3.80. The third-order valence-corrected chi connectivity index (χ3v) is 2.83. The van der Waals surface area contributed by atoms with Gasteiger partial charge in [-0.15, -0.1) is 0 Å². The van der Waals surface area contributed by atoms with Crippen LogP contribution in [0.25, 0.3) is 0 Å². The Morgan fingerprint density at radius 1 is 1.31 bits per heavy atom. The van der Waals surface area contributed by atoms with Crippen molar-refractivity contribution >= 4 is 0 Å². The molecule has 0 heterocycles. The van der Waals surface area contributed by atoms with E-state index in [1.54, 1.807) is 7.11 Å². The topological polar surface area (TPSA) is 38.7 Å². The fourth-order valence-electron chi connectivity index (χ4n) is 1.55. The number of benzene rings is 1. The fourth-order valence-corrected chi connectivity index (χ4v) is 1.55. The monoisotopic (exact) mass is 222 g/mol. The lowest BCUT2D eigenvalue weighted by Gasteiger charge is -2.11. The smallest absolute Gasteiger partial charge is 0.118 e. The highest BCUT2D eigenvalue weighted by Gasteiger charge is 2.21. The first-order valence-electron chi connectivity index (χ1n) is 5.69. The zero-order valence-electron chi connectivity index (χ0n) is 9.56. The van der Waals surface area contributed by atoms with Crippen molar-refractivity contribution in [2.45, 2.75) is 18.9 Å². The summed E-state index contributed by atoms with van der Waals surface area (Å²) in [4.78, 5) is 0. The summed E-state index contributed by atoms with van der Waals surface area (Å²) in [5.41, 5.74) is 0.872. The molecule has 0 aliphatic heterocycles. The number of ether oxygens (including phenoxy) is 2. The first kappa shape index (κ1) is 11.4. The van der Waals surface area contributed by atoms with Crippen molar-refractivity contribution in [3.05, 3.63) is 29.8 Å². The molecule has 1 aliphatic rings. The normalized spacial score (nSPS) is 17.1. The second kappa shape index (κ2) is 5.32. The van der Waals surface area contributed by atoms with E-state index in [0.29, 0.717) is 6.61 Å². The van der Waals surface area contributed by atoms with Crippen molar-refractivity contribution in [1.82, 2.24) is 0 Å². The highest BCUT2D eigenvalue weighted by molar-refractivity contribution is 5.28. The van der Waals surface area contributed by atoms with Crippen LogP contribution in [-0.2, 0) is 4.74 Å². The van der Waals surface area contributed by atoms with Gasteiger partial charge in [0.15, 0.2) is 0 Å². The van der Waals surface area contributed by atoms with E-state index in [0.717, 1.165) is 23.8 Å². The maximum atomic E-state index is 9.85. The van der Waals surface area contributed by atoms with Gasteiger partial charge in [-0.25, -0.2) is 0 Å². The third-order valence-electron chi connectivity index (χ3n) is 2.83. The molecular formula is C13H18O3. The van der Waals surface area contributed by atoms with Crippen LogP contribution in [-0.4, -0.2) is 25.4 Å². The van der Waals surface area contributed by atoms with E-state index >= 15 is 0 Å². The second-order valence-corrected chi connectivity index (χ2v) is 4.27. The van der Waals surface area contributed by atoms with E-state index in [1.165, 1.54) is 12.8 Å². The molecule has 3 heteroatoms. The molecule has 0 aromatic heterocycles. The molecule has 1 aromatic rings. The van der Waals surface area contributed by atoms with Crippen LogP contribution in [0.4, 0.5) is 0 Å². The van der Waals surface area contributed by atoms with E-state index in [1.807, 2.05) is 24.3 Å². The summed E-state index contributed by atoms with van der Waals surface area (Å²) in [6, 6.07) is 7.42. The Balaban J connectivity index is 1.79. The summed E-state index contributed by atoms with van der Waals surface area (Å²) in [5, 5.41) is 9.85. The van der Waals surface area contributed by atoms with Crippen molar-refractivity contribution < 1.29 is 14.6 Å². The second-order valence-electron chi connectivity index (χ2n) is 4.27. The molecule has 0 radical (unpaired) electrons. The van der Waals surface area contributed by atoms with Gasteiger partial charge in [0.2, 0.25) is 0 Å². The highest BCUT2D eigenvalue weighted by atomic mass is 16.5. The summed E-state index contributed by atoms with van der Waals surface area (Å²) < 4.78 is 10.5. The Bertz CT molecular complexity index is 316. The number of hydrogen-bond acceptors (Lipinski definition) is 3. The van der Waals surface area contributed by atoms with Gasteiger partial charge in [0.05, 0.1) is 13.7 Å². The van der Waals surface area contributed by atoms with Crippen molar-refractivity contribution in [1.29, 1.82) is 0 Å². The highest BCUT2D eigenvalue weighted by Crippen LogP contribution is 2.29. The molecule has 1 aliphatic carbocycles. The van der Waals surface area contributed by atoms with E-state index < -0.39 is 6.10 Å². The zero-order chi connectivity index (χ0) is 11.4. The molecule has 3 nitrogen and oxygen atoms in total. The Morgan fingerprint density at radius 2 is 2.00 bits per heavy atom. The third kappa shape index (κ3) is 3.22. The number of methoxy groups -OCH3 is 1. The molecule has 16 heavy (non-hydrogen) atoms. The Labute approximate surface area is 96.0 Å². The van der Waals surface area contributed by atoms with Gasteiger partial charge in [-0.3, -0.25) is 0 Å². The van der Waals surface area contributed by atoms with Crippen molar-refractivity contribution in [2.24, 2.45) is 5.92 Å². The lowest BCUT2D eigenvalue weighted by molar-refractivity contribution is 0.0315. The van der Waals surface area contributed by atoms with Crippen LogP contribution in [0.1, 0.15) is 24.5 Å². The predicted octanol–water partition coefficient (Wildman–Crippen LogP) is 2.16. The summed E-state index contributed by atoms with van der Waals surface area (Å²) >= 11 is 0. The van der Waals surface area contributed by atoms with E-state index in [4.69, 9.17) is 9.47 Å². The average molecular weight is 222 g/mol. The minimum atomic E-state index is -0.537. The summed E-state index contributed by atoms with van der Waals surface area (Å²) in [6.45, 7) is 1.16. The molecule has 88 valence electrons. The molecule has 0 bridgehead atoms. The molecule has 0 amide bonds. The summed E-state index contributed by atoms with van der Waals surface area (Å²) in [5.74, 6) is 1.54. The minimum Gasteiger partial charge on any atom is -0.497 e. The van der Waals surface area contributed by atoms with Gasteiger partial charge < -0.3 is 14.6 Å². The van der Waals surface area contributed by atoms with Crippen LogP contribution in [0.2, 0.25) is 0 Å². The molecule has 1 aromatic carbocycles. The quantitative estimate of drug-likeness (QED) is 0.801. The molecule has 0 saturated heterocycles. The molecule has 0 spiro atoms. The van der Waals surface area contributed by atoms with Crippen molar-refractivity contribution in [3.63, 3.8) is 0 Å². The maximum Gasteiger partial charge on any atom is 0.118 e. The van der Waals surface area contributed by atoms with Crippen molar-refractivity contribution in [2.75, 3.05) is 20.3 Å². The van der Waals surface area contributed by atoms with E-state index in [2.05, 4.69) is 0 Å². The Hall–Kier alpha value is -1.06. The van der Waals surface area contributed by atoms with Gasteiger partial charge >= 0.3 is 0 Å². The summed E-state index contributed by atoms with van der Waals surface area (Å²) in [6.07, 6.45) is 2.02. The predicted molar refractivity (Wildman–Crippen MR) is 61.5 cm³/mol. The minimum absolute atomic E-state index is 0.378. The van der Waals surface area contributed by atoms with Crippen molar-refractivity contribution in [3.8, 4) is 5.75 Å².